The number of nitrogens with zero attached hydrogens (tertiary/aromatic N) is 1. The first-order valence-electron chi connectivity index (χ1n) is 4.66. The van der Waals surface area contributed by atoms with Crippen LogP contribution in [0.4, 0.5) is 5.69 Å². The lowest BCUT2D eigenvalue weighted by molar-refractivity contribution is 0.398. The van der Waals surface area contributed by atoms with Crippen LogP contribution in [0.2, 0.25) is 0 Å². The van der Waals surface area contributed by atoms with Crippen molar-refractivity contribution < 1.29 is 4.74 Å². The Balaban J connectivity index is 2.52. The Labute approximate surface area is 88.5 Å². The summed E-state index contributed by atoms with van der Waals surface area (Å²) < 4.78 is 5.06. The first-order valence-corrected chi connectivity index (χ1v) is 4.66. The van der Waals surface area contributed by atoms with Gasteiger partial charge < -0.3 is 10.5 Å². The monoisotopic (exact) mass is 200 g/mol. The lowest BCUT2D eigenvalue weighted by Gasteiger charge is -2.06. The molecule has 0 atom stereocenters. The van der Waals surface area contributed by atoms with Gasteiger partial charge in [-0.1, -0.05) is 30.3 Å². The summed E-state index contributed by atoms with van der Waals surface area (Å²) in [6.07, 6.45) is 1.61. The molecule has 0 spiro atoms. The Morgan fingerprint density at radius 1 is 1.20 bits per heavy atom. The summed E-state index contributed by atoms with van der Waals surface area (Å²) in [5.74, 6) is 0.572. The molecular weight excluding hydrogens is 188 g/mol. The van der Waals surface area contributed by atoms with Gasteiger partial charge in [-0.2, -0.15) is 0 Å². The molecule has 0 amide bonds. The number of methoxy groups -OCH3 is 1. The molecule has 0 saturated carbocycles. The minimum atomic E-state index is 0.572. The summed E-state index contributed by atoms with van der Waals surface area (Å²) in [6, 6.07) is 11.8. The van der Waals surface area contributed by atoms with E-state index >= 15 is 0 Å². The van der Waals surface area contributed by atoms with Gasteiger partial charge in [0, 0.05) is 11.6 Å². The zero-order valence-electron chi connectivity index (χ0n) is 8.47. The maximum atomic E-state index is 5.86. The molecule has 2 rings (SSSR count). The molecule has 0 aliphatic rings. The third-order valence-corrected chi connectivity index (χ3v) is 2.20. The zero-order valence-corrected chi connectivity index (χ0v) is 8.47. The summed E-state index contributed by atoms with van der Waals surface area (Å²) in [5.41, 5.74) is 8.52. The molecule has 15 heavy (non-hydrogen) atoms. The van der Waals surface area contributed by atoms with E-state index < -0.39 is 0 Å². The van der Waals surface area contributed by atoms with Gasteiger partial charge in [0.2, 0.25) is 5.88 Å². The molecule has 0 aliphatic heterocycles. The Morgan fingerprint density at radius 2 is 1.93 bits per heavy atom. The van der Waals surface area contributed by atoms with E-state index in [-0.39, 0.29) is 0 Å². The van der Waals surface area contributed by atoms with Crippen LogP contribution in [0, 0.1) is 0 Å². The highest BCUT2D eigenvalue weighted by Gasteiger charge is 2.04. The number of pyridine rings is 1. The third-order valence-electron chi connectivity index (χ3n) is 2.20. The van der Waals surface area contributed by atoms with Gasteiger partial charge in [0.1, 0.15) is 0 Å². The van der Waals surface area contributed by atoms with Crippen molar-refractivity contribution in [3.05, 3.63) is 42.6 Å². The average molecular weight is 200 g/mol. The van der Waals surface area contributed by atoms with Crippen LogP contribution in [0.25, 0.3) is 11.1 Å². The van der Waals surface area contributed by atoms with Crippen LogP contribution in [0.3, 0.4) is 0 Å². The van der Waals surface area contributed by atoms with Crippen LogP contribution < -0.4 is 10.5 Å². The second-order valence-corrected chi connectivity index (χ2v) is 3.18. The standard InChI is InChI=1S/C12H12N2O/c1-15-12-7-10(11(13)8-14-12)9-5-3-2-4-6-9/h2-8H,13H2,1H3. The molecule has 2 aromatic rings. The maximum absolute atomic E-state index is 5.86. The van der Waals surface area contributed by atoms with Crippen LogP contribution in [0.1, 0.15) is 0 Å². The predicted octanol–water partition coefficient (Wildman–Crippen LogP) is 2.34. The highest BCUT2D eigenvalue weighted by Crippen LogP contribution is 2.27. The van der Waals surface area contributed by atoms with E-state index in [9.17, 15) is 0 Å². The van der Waals surface area contributed by atoms with Gasteiger partial charge in [0.05, 0.1) is 19.0 Å². The molecule has 0 bridgehead atoms. The van der Waals surface area contributed by atoms with Crippen LogP contribution in [0.15, 0.2) is 42.6 Å². The van der Waals surface area contributed by atoms with E-state index in [1.807, 2.05) is 36.4 Å². The van der Waals surface area contributed by atoms with E-state index in [2.05, 4.69) is 4.98 Å². The molecule has 3 nitrogen and oxygen atoms in total. The van der Waals surface area contributed by atoms with Gasteiger partial charge in [-0.25, -0.2) is 4.98 Å². The Hall–Kier alpha value is -2.03. The van der Waals surface area contributed by atoms with Crippen molar-refractivity contribution in [3.8, 4) is 17.0 Å². The van der Waals surface area contributed by atoms with E-state index in [1.54, 1.807) is 13.3 Å². The molecular formula is C12H12N2O. The lowest BCUT2D eigenvalue weighted by atomic mass is 10.1. The summed E-state index contributed by atoms with van der Waals surface area (Å²) >= 11 is 0. The Morgan fingerprint density at radius 3 is 2.60 bits per heavy atom. The molecule has 2 N–H and O–H groups in total. The quantitative estimate of drug-likeness (QED) is 0.809. The summed E-state index contributed by atoms with van der Waals surface area (Å²) in [5, 5.41) is 0. The van der Waals surface area contributed by atoms with Gasteiger partial charge in [-0.3, -0.25) is 0 Å². The number of hydrogen-bond acceptors (Lipinski definition) is 3. The van der Waals surface area contributed by atoms with Gasteiger partial charge >= 0.3 is 0 Å². The zero-order chi connectivity index (χ0) is 10.7. The Bertz CT molecular complexity index is 454. The summed E-state index contributed by atoms with van der Waals surface area (Å²) in [4.78, 5) is 4.04. The largest absolute Gasteiger partial charge is 0.481 e. The first-order chi connectivity index (χ1) is 7.31. The molecule has 1 aromatic carbocycles. The number of benzene rings is 1. The van der Waals surface area contributed by atoms with Crippen molar-refractivity contribution in [1.29, 1.82) is 0 Å². The fraction of sp³-hybridized carbons (Fsp3) is 0.0833. The van der Waals surface area contributed by atoms with Crippen LogP contribution in [-0.4, -0.2) is 12.1 Å². The smallest absolute Gasteiger partial charge is 0.213 e. The van der Waals surface area contributed by atoms with Crippen molar-refractivity contribution in [1.82, 2.24) is 4.98 Å². The summed E-state index contributed by atoms with van der Waals surface area (Å²) in [6.45, 7) is 0. The second kappa shape index (κ2) is 4.00. The molecule has 0 aliphatic carbocycles. The minimum absolute atomic E-state index is 0.572. The molecule has 76 valence electrons. The molecule has 1 aromatic heterocycles. The van der Waals surface area contributed by atoms with Crippen molar-refractivity contribution in [3.63, 3.8) is 0 Å². The van der Waals surface area contributed by atoms with Crippen molar-refractivity contribution in [2.75, 3.05) is 12.8 Å². The van der Waals surface area contributed by atoms with E-state index in [0.717, 1.165) is 11.1 Å². The Kier molecular flexibility index (Phi) is 2.54. The number of hydrogen-bond donors (Lipinski definition) is 1. The number of rotatable bonds is 2. The van der Waals surface area contributed by atoms with E-state index in [1.165, 1.54) is 0 Å². The normalized spacial score (nSPS) is 9.93. The topological polar surface area (TPSA) is 48.1 Å². The number of nitrogen functional groups attached to an aromatic ring is 1. The van der Waals surface area contributed by atoms with E-state index in [4.69, 9.17) is 10.5 Å². The predicted molar refractivity (Wildman–Crippen MR) is 60.6 cm³/mol. The molecule has 1 heterocycles. The van der Waals surface area contributed by atoms with Crippen LogP contribution >= 0.6 is 0 Å². The SMILES string of the molecule is COc1cc(-c2ccccc2)c(N)cn1. The highest BCUT2D eigenvalue weighted by molar-refractivity contribution is 5.76. The van der Waals surface area contributed by atoms with Crippen LogP contribution in [0.5, 0.6) is 5.88 Å². The minimum Gasteiger partial charge on any atom is -0.481 e. The van der Waals surface area contributed by atoms with Crippen molar-refractivity contribution in [2.45, 2.75) is 0 Å². The average Bonchev–Trinajstić information content (AvgIpc) is 2.31. The van der Waals surface area contributed by atoms with Gasteiger partial charge in [-0.05, 0) is 5.56 Å². The van der Waals surface area contributed by atoms with Crippen molar-refractivity contribution >= 4 is 5.69 Å². The summed E-state index contributed by atoms with van der Waals surface area (Å²) in [7, 11) is 1.59. The molecule has 3 heteroatoms. The number of aromatic nitrogens is 1. The van der Waals surface area contributed by atoms with Gasteiger partial charge in [0.25, 0.3) is 0 Å². The molecule has 0 saturated heterocycles. The fourth-order valence-electron chi connectivity index (χ4n) is 1.43. The molecule has 0 fully saturated rings. The van der Waals surface area contributed by atoms with Gasteiger partial charge in [0.15, 0.2) is 0 Å². The van der Waals surface area contributed by atoms with Crippen molar-refractivity contribution in [2.24, 2.45) is 0 Å². The highest BCUT2D eigenvalue weighted by atomic mass is 16.5. The molecule has 0 unspecified atom stereocenters. The number of ether oxygens (including phenoxy) is 1. The van der Waals surface area contributed by atoms with Gasteiger partial charge in [-0.15, -0.1) is 0 Å². The first kappa shape index (κ1) is 9.52. The lowest BCUT2D eigenvalue weighted by Crippen LogP contribution is -1.94. The second-order valence-electron chi connectivity index (χ2n) is 3.18. The third kappa shape index (κ3) is 1.91. The van der Waals surface area contributed by atoms with E-state index in [0.29, 0.717) is 11.6 Å². The fourth-order valence-corrected chi connectivity index (χ4v) is 1.43. The molecule has 0 radical (unpaired) electrons. The maximum Gasteiger partial charge on any atom is 0.213 e. The van der Waals surface area contributed by atoms with Crippen LogP contribution in [-0.2, 0) is 0 Å². The number of anilines is 1. The number of nitrogens with two attached hydrogens (primary N) is 1.